The van der Waals surface area contributed by atoms with Gasteiger partial charge in [-0.1, -0.05) is 12.8 Å². The van der Waals surface area contributed by atoms with Crippen LogP contribution in [0.15, 0.2) is 24.7 Å². The number of aryl methyl sites for hydroxylation is 1. The molecule has 1 aliphatic rings. The highest BCUT2D eigenvalue weighted by molar-refractivity contribution is 5.92. The molecule has 28 heavy (non-hydrogen) atoms. The van der Waals surface area contributed by atoms with Gasteiger partial charge in [-0.2, -0.15) is 0 Å². The van der Waals surface area contributed by atoms with Crippen LogP contribution in [0.4, 0.5) is 10.2 Å². The number of nitrogens with zero attached hydrogens (tertiary/aromatic N) is 3. The number of hydrogen-bond acceptors (Lipinski definition) is 5. The van der Waals surface area contributed by atoms with E-state index in [1.54, 1.807) is 19.3 Å². The van der Waals surface area contributed by atoms with Gasteiger partial charge in [0.1, 0.15) is 5.65 Å². The molecular formula is C20H22FN5O2. The van der Waals surface area contributed by atoms with Gasteiger partial charge in [0.05, 0.1) is 11.6 Å². The number of H-pyrrole nitrogens is 1. The molecule has 3 N–H and O–H groups in total. The van der Waals surface area contributed by atoms with E-state index >= 15 is 0 Å². The van der Waals surface area contributed by atoms with Crippen LogP contribution >= 0.6 is 0 Å². The molecule has 8 heteroatoms. The predicted octanol–water partition coefficient (Wildman–Crippen LogP) is 3.91. The van der Waals surface area contributed by atoms with E-state index in [2.05, 4.69) is 25.3 Å². The molecule has 7 nitrogen and oxygen atoms in total. The summed E-state index contributed by atoms with van der Waals surface area (Å²) in [4.78, 5) is 27.7. The van der Waals surface area contributed by atoms with Gasteiger partial charge in [-0.05, 0) is 38.3 Å². The van der Waals surface area contributed by atoms with Gasteiger partial charge in [0, 0.05) is 29.4 Å². The van der Waals surface area contributed by atoms with Crippen molar-refractivity contribution in [3.8, 4) is 11.4 Å². The van der Waals surface area contributed by atoms with Crippen LogP contribution in [0, 0.1) is 18.2 Å². The number of rotatable bonds is 4. The zero-order valence-electron chi connectivity index (χ0n) is 15.8. The number of halogens is 1. The Hall–Kier alpha value is -3.03. The molecule has 1 aliphatic carbocycles. The maximum Gasteiger partial charge on any atom is 0.311 e. The van der Waals surface area contributed by atoms with Gasteiger partial charge in [-0.25, -0.2) is 19.3 Å². The number of aromatic nitrogens is 4. The number of nitrogens with one attached hydrogen (secondary N) is 2. The summed E-state index contributed by atoms with van der Waals surface area (Å²) in [6.45, 7) is 3.65. The third kappa shape index (κ3) is 3.08. The van der Waals surface area contributed by atoms with Crippen molar-refractivity contribution in [2.24, 2.45) is 5.41 Å². The number of pyridine rings is 1. The fraction of sp³-hybridized carbons (Fsp3) is 0.400. The molecule has 3 heterocycles. The number of carboxylic acids is 1. The molecule has 2 unspecified atom stereocenters. The van der Waals surface area contributed by atoms with Gasteiger partial charge < -0.3 is 15.4 Å². The maximum atomic E-state index is 14.4. The quantitative estimate of drug-likeness (QED) is 0.631. The largest absolute Gasteiger partial charge is 0.481 e. The molecule has 3 aromatic heterocycles. The van der Waals surface area contributed by atoms with Gasteiger partial charge >= 0.3 is 5.97 Å². The van der Waals surface area contributed by atoms with E-state index in [4.69, 9.17) is 0 Å². The molecule has 0 aromatic carbocycles. The Balaban J connectivity index is 1.71. The Morgan fingerprint density at radius 2 is 2.18 bits per heavy atom. The third-order valence-corrected chi connectivity index (χ3v) is 5.66. The van der Waals surface area contributed by atoms with Crippen LogP contribution in [-0.4, -0.2) is 37.1 Å². The Morgan fingerprint density at radius 1 is 1.36 bits per heavy atom. The summed E-state index contributed by atoms with van der Waals surface area (Å²) in [5, 5.41) is 13.6. The molecule has 0 spiro atoms. The van der Waals surface area contributed by atoms with Gasteiger partial charge in [0.25, 0.3) is 0 Å². The summed E-state index contributed by atoms with van der Waals surface area (Å²) in [5.74, 6) is -1.09. The molecule has 1 fully saturated rings. The fourth-order valence-corrected chi connectivity index (χ4v) is 3.88. The number of anilines is 1. The standard InChI is InChI=1S/C20H22FN5O2/c1-11-7-12-13(9-23-16(12)22-8-11)17-24-10-14(21)18(26-17)25-15-5-3-4-6-20(15,2)19(27)28/h7-10,15H,3-6H2,1-2H3,(H,22,23)(H,27,28)(H,24,25,26). The highest BCUT2D eigenvalue weighted by Crippen LogP contribution is 2.38. The van der Waals surface area contributed by atoms with E-state index in [1.807, 2.05) is 13.0 Å². The van der Waals surface area contributed by atoms with E-state index in [-0.39, 0.29) is 5.82 Å². The minimum atomic E-state index is -0.961. The molecule has 0 amide bonds. The molecule has 0 radical (unpaired) electrons. The maximum absolute atomic E-state index is 14.4. The third-order valence-electron chi connectivity index (χ3n) is 5.66. The van der Waals surface area contributed by atoms with Gasteiger partial charge in [0.2, 0.25) is 0 Å². The Bertz CT molecular complexity index is 1050. The Kier molecular flexibility index (Phi) is 4.49. The van der Waals surface area contributed by atoms with E-state index in [1.165, 1.54) is 0 Å². The van der Waals surface area contributed by atoms with Crippen molar-refractivity contribution in [2.75, 3.05) is 5.32 Å². The van der Waals surface area contributed by atoms with E-state index in [9.17, 15) is 14.3 Å². The lowest BCUT2D eigenvalue weighted by Gasteiger charge is -2.38. The lowest BCUT2D eigenvalue weighted by Crippen LogP contribution is -2.47. The number of aliphatic carboxylic acids is 1. The molecule has 3 aromatic rings. The molecule has 0 aliphatic heterocycles. The minimum Gasteiger partial charge on any atom is -0.481 e. The summed E-state index contributed by atoms with van der Waals surface area (Å²) in [6.07, 6.45) is 7.57. The molecule has 1 saturated carbocycles. The van der Waals surface area contributed by atoms with Crippen LogP contribution in [0.25, 0.3) is 22.4 Å². The molecule has 146 valence electrons. The second-order valence-electron chi connectivity index (χ2n) is 7.67. The first-order chi connectivity index (χ1) is 13.4. The van der Waals surface area contributed by atoms with Gasteiger partial charge in [-0.15, -0.1) is 0 Å². The summed E-state index contributed by atoms with van der Waals surface area (Å²) in [6, 6.07) is 1.57. The van der Waals surface area contributed by atoms with E-state index in [0.717, 1.165) is 35.6 Å². The van der Waals surface area contributed by atoms with Gasteiger partial charge in [0.15, 0.2) is 17.5 Å². The first kappa shape index (κ1) is 18.3. The van der Waals surface area contributed by atoms with Crippen molar-refractivity contribution in [2.45, 2.75) is 45.6 Å². The monoisotopic (exact) mass is 383 g/mol. The summed E-state index contributed by atoms with van der Waals surface area (Å²) < 4.78 is 14.4. The van der Waals surface area contributed by atoms with Crippen LogP contribution in [-0.2, 0) is 4.79 Å². The normalized spacial score (nSPS) is 22.3. The minimum absolute atomic E-state index is 0.0272. The number of hydrogen-bond donors (Lipinski definition) is 3. The summed E-state index contributed by atoms with van der Waals surface area (Å²) in [5.41, 5.74) is 1.46. The number of aromatic amines is 1. The average Bonchev–Trinajstić information content (AvgIpc) is 3.08. The topological polar surface area (TPSA) is 104 Å². The summed E-state index contributed by atoms with van der Waals surface area (Å²) in [7, 11) is 0. The molecule has 0 saturated heterocycles. The lowest BCUT2D eigenvalue weighted by molar-refractivity contribution is -0.150. The molecule has 4 rings (SSSR count). The first-order valence-electron chi connectivity index (χ1n) is 9.35. The van der Waals surface area contributed by atoms with Crippen molar-refractivity contribution in [3.63, 3.8) is 0 Å². The highest BCUT2D eigenvalue weighted by atomic mass is 19.1. The Labute approximate surface area is 161 Å². The zero-order chi connectivity index (χ0) is 19.9. The smallest absolute Gasteiger partial charge is 0.311 e. The zero-order valence-corrected chi connectivity index (χ0v) is 15.8. The van der Waals surface area contributed by atoms with Crippen molar-refractivity contribution in [1.29, 1.82) is 0 Å². The van der Waals surface area contributed by atoms with Crippen LogP contribution < -0.4 is 5.32 Å². The van der Waals surface area contributed by atoms with Crippen molar-refractivity contribution >= 4 is 22.8 Å². The van der Waals surface area contributed by atoms with E-state index < -0.39 is 23.2 Å². The number of carbonyl (C=O) groups is 1. The van der Waals surface area contributed by atoms with Crippen LogP contribution in [0.5, 0.6) is 0 Å². The van der Waals surface area contributed by atoms with Gasteiger partial charge in [-0.3, -0.25) is 4.79 Å². The average molecular weight is 383 g/mol. The fourth-order valence-electron chi connectivity index (χ4n) is 3.88. The van der Waals surface area contributed by atoms with Crippen LogP contribution in [0.1, 0.15) is 38.2 Å². The SMILES string of the molecule is Cc1cnc2[nH]cc(-c3ncc(F)c(NC4CCCCC4(C)C(=O)O)n3)c2c1. The Morgan fingerprint density at radius 3 is 2.96 bits per heavy atom. The number of fused-ring (bicyclic) bond motifs is 1. The van der Waals surface area contributed by atoms with Crippen LogP contribution in [0.2, 0.25) is 0 Å². The summed E-state index contributed by atoms with van der Waals surface area (Å²) >= 11 is 0. The van der Waals surface area contributed by atoms with Crippen LogP contribution in [0.3, 0.4) is 0 Å². The predicted molar refractivity (Wildman–Crippen MR) is 103 cm³/mol. The van der Waals surface area contributed by atoms with Crippen molar-refractivity contribution in [1.82, 2.24) is 19.9 Å². The highest BCUT2D eigenvalue weighted by Gasteiger charge is 2.43. The van der Waals surface area contributed by atoms with Crippen molar-refractivity contribution < 1.29 is 14.3 Å². The molecule has 2 atom stereocenters. The molecule has 0 bridgehead atoms. The number of carboxylic acid groups (broad SMARTS) is 1. The second kappa shape index (κ2) is 6.85. The van der Waals surface area contributed by atoms with Crippen molar-refractivity contribution in [3.05, 3.63) is 36.0 Å². The molecular weight excluding hydrogens is 361 g/mol. The second-order valence-corrected chi connectivity index (χ2v) is 7.67. The first-order valence-corrected chi connectivity index (χ1v) is 9.35. The van der Waals surface area contributed by atoms with E-state index in [0.29, 0.717) is 24.3 Å². The lowest BCUT2D eigenvalue weighted by atomic mass is 9.71.